The zero-order chi connectivity index (χ0) is 15.8. The first-order chi connectivity index (χ1) is 10.7. The third-order valence-electron chi connectivity index (χ3n) is 3.62. The molecule has 0 radical (unpaired) electrons. The maximum Gasteiger partial charge on any atom is 0.260 e. The summed E-state index contributed by atoms with van der Waals surface area (Å²) < 4.78 is 16.2. The van der Waals surface area contributed by atoms with Crippen LogP contribution in [0.1, 0.15) is 39.5 Å². The molecule has 122 valence electrons. The lowest BCUT2D eigenvalue weighted by atomic mass is 10.2. The third kappa shape index (κ3) is 4.55. The van der Waals surface area contributed by atoms with Crippen molar-refractivity contribution in [3.05, 3.63) is 18.2 Å². The lowest BCUT2D eigenvalue weighted by Crippen LogP contribution is -2.36. The molecule has 0 saturated heterocycles. The standard InChI is InChI=1S/C17H25NO4/c1-3-5-9-18(10-6-4-2)17(19)12-20-14-7-8-15-16(11-14)22-13-21-15/h7-8,11H,3-6,9-10,12-13H2,1-2H3. The summed E-state index contributed by atoms with van der Waals surface area (Å²) in [7, 11) is 0. The Balaban J connectivity index is 1.86. The summed E-state index contributed by atoms with van der Waals surface area (Å²) in [6, 6.07) is 5.36. The van der Waals surface area contributed by atoms with Gasteiger partial charge >= 0.3 is 0 Å². The van der Waals surface area contributed by atoms with E-state index in [1.54, 1.807) is 18.2 Å². The van der Waals surface area contributed by atoms with E-state index in [9.17, 15) is 4.79 Å². The van der Waals surface area contributed by atoms with Crippen LogP contribution in [0.25, 0.3) is 0 Å². The van der Waals surface area contributed by atoms with Crippen LogP contribution in [-0.2, 0) is 4.79 Å². The lowest BCUT2D eigenvalue weighted by Gasteiger charge is -2.22. The van der Waals surface area contributed by atoms with E-state index in [0.717, 1.165) is 38.8 Å². The molecule has 0 aromatic heterocycles. The van der Waals surface area contributed by atoms with E-state index >= 15 is 0 Å². The molecule has 0 spiro atoms. The van der Waals surface area contributed by atoms with E-state index < -0.39 is 0 Å². The molecule has 1 aliphatic heterocycles. The van der Waals surface area contributed by atoms with Gasteiger partial charge in [-0.1, -0.05) is 26.7 Å². The van der Waals surface area contributed by atoms with Crippen molar-refractivity contribution in [2.75, 3.05) is 26.5 Å². The number of carbonyl (C=O) groups is 1. The number of fused-ring (bicyclic) bond motifs is 1. The summed E-state index contributed by atoms with van der Waals surface area (Å²) >= 11 is 0. The summed E-state index contributed by atoms with van der Waals surface area (Å²) in [6.45, 7) is 6.17. The molecule has 0 bridgehead atoms. The maximum absolute atomic E-state index is 12.3. The van der Waals surface area contributed by atoms with Gasteiger partial charge in [0.1, 0.15) is 5.75 Å². The second-order valence-corrected chi connectivity index (χ2v) is 5.39. The number of ether oxygens (including phenoxy) is 3. The molecule has 1 aromatic rings. The Bertz CT molecular complexity index is 482. The van der Waals surface area contributed by atoms with E-state index in [-0.39, 0.29) is 19.3 Å². The van der Waals surface area contributed by atoms with Crippen LogP contribution in [0.15, 0.2) is 18.2 Å². The number of unbranched alkanes of at least 4 members (excludes halogenated alkanes) is 2. The molecule has 0 saturated carbocycles. The Morgan fingerprint density at radius 2 is 1.82 bits per heavy atom. The normalized spacial score (nSPS) is 12.3. The van der Waals surface area contributed by atoms with Crippen molar-refractivity contribution >= 4 is 5.91 Å². The quantitative estimate of drug-likeness (QED) is 0.703. The van der Waals surface area contributed by atoms with Crippen molar-refractivity contribution in [2.45, 2.75) is 39.5 Å². The highest BCUT2D eigenvalue weighted by Gasteiger charge is 2.16. The molecule has 22 heavy (non-hydrogen) atoms. The number of amides is 1. The SMILES string of the molecule is CCCCN(CCCC)C(=O)COc1ccc2c(c1)OCO2. The molecule has 2 rings (SSSR count). The second-order valence-electron chi connectivity index (χ2n) is 5.39. The number of hydrogen-bond acceptors (Lipinski definition) is 4. The largest absolute Gasteiger partial charge is 0.484 e. The summed E-state index contributed by atoms with van der Waals surface area (Å²) in [5.41, 5.74) is 0. The van der Waals surface area contributed by atoms with Gasteiger partial charge in [0, 0.05) is 19.2 Å². The van der Waals surface area contributed by atoms with Crippen LogP contribution >= 0.6 is 0 Å². The molecule has 0 atom stereocenters. The van der Waals surface area contributed by atoms with Gasteiger partial charge in [0.15, 0.2) is 18.1 Å². The predicted octanol–water partition coefficient (Wildman–Crippen LogP) is 3.22. The lowest BCUT2D eigenvalue weighted by molar-refractivity contribution is -0.133. The molecular weight excluding hydrogens is 282 g/mol. The number of benzene rings is 1. The van der Waals surface area contributed by atoms with Crippen molar-refractivity contribution in [2.24, 2.45) is 0 Å². The number of rotatable bonds is 9. The topological polar surface area (TPSA) is 48.0 Å². The fraction of sp³-hybridized carbons (Fsp3) is 0.588. The van der Waals surface area contributed by atoms with Crippen molar-refractivity contribution in [1.29, 1.82) is 0 Å². The van der Waals surface area contributed by atoms with Gasteiger partial charge in [-0.05, 0) is 25.0 Å². The molecule has 5 nitrogen and oxygen atoms in total. The monoisotopic (exact) mass is 307 g/mol. The number of nitrogens with zero attached hydrogens (tertiary/aromatic N) is 1. The van der Waals surface area contributed by atoms with E-state index in [1.165, 1.54) is 0 Å². The van der Waals surface area contributed by atoms with Gasteiger partial charge in [-0.3, -0.25) is 4.79 Å². The fourth-order valence-electron chi connectivity index (χ4n) is 2.26. The minimum atomic E-state index is 0.0413. The first-order valence-electron chi connectivity index (χ1n) is 8.04. The summed E-state index contributed by atoms with van der Waals surface area (Å²) in [4.78, 5) is 14.2. The molecule has 1 heterocycles. The van der Waals surface area contributed by atoms with E-state index in [1.807, 2.05) is 4.90 Å². The number of hydrogen-bond donors (Lipinski definition) is 0. The van der Waals surface area contributed by atoms with Crippen LogP contribution in [-0.4, -0.2) is 37.3 Å². The zero-order valence-corrected chi connectivity index (χ0v) is 13.5. The Kier molecular flexibility index (Phi) is 6.37. The highest BCUT2D eigenvalue weighted by molar-refractivity contribution is 5.77. The Hall–Kier alpha value is -1.91. The summed E-state index contributed by atoms with van der Waals surface area (Å²) in [6.07, 6.45) is 4.22. The first kappa shape index (κ1) is 16.5. The van der Waals surface area contributed by atoms with Gasteiger partial charge in [0.05, 0.1) is 0 Å². The zero-order valence-electron chi connectivity index (χ0n) is 13.5. The van der Waals surface area contributed by atoms with Gasteiger partial charge in [-0.2, -0.15) is 0 Å². The molecule has 0 aliphatic carbocycles. The molecule has 1 aromatic carbocycles. The Morgan fingerprint density at radius 3 is 2.50 bits per heavy atom. The molecule has 0 fully saturated rings. The van der Waals surface area contributed by atoms with Gasteiger partial charge in [-0.15, -0.1) is 0 Å². The Morgan fingerprint density at radius 1 is 1.14 bits per heavy atom. The predicted molar refractivity (Wildman–Crippen MR) is 84.5 cm³/mol. The minimum absolute atomic E-state index is 0.0413. The maximum atomic E-state index is 12.3. The van der Waals surface area contributed by atoms with Crippen LogP contribution in [0.4, 0.5) is 0 Å². The van der Waals surface area contributed by atoms with Gasteiger partial charge in [-0.25, -0.2) is 0 Å². The molecule has 5 heteroatoms. The Labute approximate surface area is 132 Å². The van der Waals surface area contributed by atoms with E-state index in [0.29, 0.717) is 17.2 Å². The van der Waals surface area contributed by atoms with Crippen LogP contribution in [0, 0.1) is 0 Å². The smallest absolute Gasteiger partial charge is 0.260 e. The highest BCUT2D eigenvalue weighted by Crippen LogP contribution is 2.35. The van der Waals surface area contributed by atoms with Gasteiger partial charge < -0.3 is 19.1 Å². The second kappa shape index (κ2) is 8.51. The van der Waals surface area contributed by atoms with Crippen LogP contribution in [0.5, 0.6) is 17.2 Å². The van der Waals surface area contributed by atoms with Gasteiger partial charge in [0.2, 0.25) is 6.79 Å². The van der Waals surface area contributed by atoms with Crippen molar-refractivity contribution in [3.8, 4) is 17.2 Å². The summed E-state index contributed by atoms with van der Waals surface area (Å²) in [5, 5.41) is 0. The van der Waals surface area contributed by atoms with Gasteiger partial charge in [0.25, 0.3) is 5.91 Å². The molecule has 1 amide bonds. The average molecular weight is 307 g/mol. The van der Waals surface area contributed by atoms with Crippen molar-refractivity contribution < 1.29 is 19.0 Å². The average Bonchev–Trinajstić information content (AvgIpc) is 3.00. The van der Waals surface area contributed by atoms with Crippen molar-refractivity contribution in [1.82, 2.24) is 4.90 Å². The van der Waals surface area contributed by atoms with E-state index in [4.69, 9.17) is 14.2 Å². The third-order valence-corrected chi connectivity index (χ3v) is 3.62. The molecule has 0 unspecified atom stereocenters. The van der Waals surface area contributed by atoms with Crippen LogP contribution in [0.2, 0.25) is 0 Å². The highest BCUT2D eigenvalue weighted by atomic mass is 16.7. The van der Waals surface area contributed by atoms with Crippen molar-refractivity contribution in [3.63, 3.8) is 0 Å². The molecule has 1 aliphatic rings. The summed E-state index contributed by atoms with van der Waals surface area (Å²) in [5.74, 6) is 2.05. The molecular formula is C17H25NO4. The fourth-order valence-corrected chi connectivity index (χ4v) is 2.26. The minimum Gasteiger partial charge on any atom is -0.484 e. The van der Waals surface area contributed by atoms with Crippen LogP contribution in [0.3, 0.4) is 0 Å². The first-order valence-corrected chi connectivity index (χ1v) is 8.04. The molecule has 0 N–H and O–H groups in total. The number of carbonyl (C=O) groups excluding carboxylic acids is 1. The van der Waals surface area contributed by atoms with Crippen LogP contribution < -0.4 is 14.2 Å². The van der Waals surface area contributed by atoms with E-state index in [2.05, 4.69) is 13.8 Å².